The van der Waals surface area contributed by atoms with E-state index < -0.39 is 51.6 Å². The first kappa shape index (κ1) is 29.8. The molecule has 1 aliphatic rings. The molecule has 0 N–H and O–H groups in total. The number of carbonyl (C=O) groups excluding carboxylic acids is 3. The van der Waals surface area contributed by atoms with Crippen LogP contribution in [0.4, 0.5) is 23.7 Å². The quantitative estimate of drug-likeness (QED) is 0.101. The van der Waals surface area contributed by atoms with E-state index in [0.717, 1.165) is 15.4 Å². The average Bonchev–Trinajstić information content (AvgIpc) is 3.17. The summed E-state index contributed by atoms with van der Waals surface area (Å²) < 4.78 is 51.0. The number of thioether (sulfide) groups is 1. The number of alkyl halides is 3. The van der Waals surface area contributed by atoms with Gasteiger partial charge in [0.15, 0.2) is 17.3 Å². The zero-order valence-corrected chi connectivity index (χ0v) is 23.3. The molecule has 0 aliphatic carbocycles. The Morgan fingerprint density at radius 1 is 1.05 bits per heavy atom. The van der Waals surface area contributed by atoms with Crippen molar-refractivity contribution >= 4 is 56.4 Å². The predicted molar refractivity (Wildman–Crippen MR) is 147 cm³/mol. The van der Waals surface area contributed by atoms with Gasteiger partial charge >= 0.3 is 11.9 Å². The van der Waals surface area contributed by atoms with E-state index in [2.05, 4.69) is 15.9 Å². The van der Waals surface area contributed by atoms with Crippen molar-refractivity contribution < 1.29 is 42.0 Å². The number of nitro benzene ring substituents is 1. The average molecular weight is 651 g/mol. The maximum absolute atomic E-state index is 13.0. The number of nitro groups is 1. The number of nitrogens with zero attached hydrogens (tertiary/aromatic N) is 2. The Morgan fingerprint density at radius 3 is 2.37 bits per heavy atom. The fourth-order valence-corrected chi connectivity index (χ4v) is 4.77. The molecule has 3 aromatic rings. The molecule has 1 aliphatic heterocycles. The van der Waals surface area contributed by atoms with E-state index in [9.17, 15) is 37.7 Å². The summed E-state index contributed by atoms with van der Waals surface area (Å²) in [5, 5.41) is 10.8. The Labute approximate surface area is 243 Å². The summed E-state index contributed by atoms with van der Waals surface area (Å²) in [6.45, 7) is 1.36. The van der Waals surface area contributed by atoms with E-state index in [4.69, 9.17) is 9.47 Å². The SMILES string of the molecule is CCOc1cc(/C=C2/SC(=O)N(CC(=O)c3ccc(Br)cc3)C2=O)ccc1Oc1ccc(C(F)(F)F)cc1[N+](=O)[O-]. The maximum Gasteiger partial charge on any atom is 0.416 e. The van der Waals surface area contributed by atoms with Gasteiger partial charge in [-0.15, -0.1) is 0 Å². The summed E-state index contributed by atoms with van der Waals surface area (Å²) in [7, 11) is 0. The lowest BCUT2D eigenvalue weighted by atomic mass is 10.1. The zero-order chi connectivity index (χ0) is 29.9. The van der Waals surface area contributed by atoms with Crippen molar-refractivity contribution in [3.05, 3.63) is 96.8 Å². The third-order valence-electron chi connectivity index (χ3n) is 5.61. The van der Waals surface area contributed by atoms with Gasteiger partial charge in [0, 0.05) is 16.1 Å². The molecule has 14 heteroatoms. The van der Waals surface area contributed by atoms with Gasteiger partial charge < -0.3 is 9.47 Å². The van der Waals surface area contributed by atoms with E-state index >= 15 is 0 Å². The van der Waals surface area contributed by atoms with Crippen LogP contribution in [0.2, 0.25) is 0 Å². The molecule has 0 saturated carbocycles. The van der Waals surface area contributed by atoms with Crippen LogP contribution in [0.25, 0.3) is 6.08 Å². The molecule has 0 bridgehead atoms. The van der Waals surface area contributed by atoms with Crippen LogP contribution in [0.15, 0.2) is 70.0 Å². The molecule has 0 radical (unpaired) electrons. The third-order valence-corrected chi connectivity index (χ3v) is 7.05. The van der Waals surface area contributed by atoms with Crippen LogP contribution >= 0.6 is 27.7 Å². The summed E-state index contributed by atoms with van der Waals surface area (Å²) in [6.07, 6.45) is -3.38. The molecular formula is C27H18BrF3N2O7S. The molecule has 1 saturated heterocycles. The molecular weight excluding hydrogens is 633 g/mol. The van der Waals surface area contributed by atoms with Crippen LogP contribution in [-0.4, -0.2) is 39.9 Å². The number of halogens is 4. The molecule has 0 unspecified atom stereocenters. The minimum Gasteiger partial charge on any atom is -0.490 e. The number of ether oxygens (including phenoxy) is 2. The van der Waals surface area contributed by atoms with Gasteiger partial charge in [-0.2, -0.15) is 13.2 Å². The lowest BCUT2D eigenvalue weighted by Crippen LogP contribution is -2.33. The predicted octanol–water partition coefficient (Wildman–Crippen LogP) is 7.49. The van der Waals surface area contributed by atoms with E-state index in [0.29, 0.717) is 35.0 Å². The van der Waals surface area contributed by atoms with Crippen LogP contribution in [0.1, 0.15) is 28.4 Å². The van der Waals surface area contributed by atoms with Crippen LogP contribution < -0.4 is 9.47 Å². The standard InChI is InChI=1S/C27H18BrF3N2O7S/c1-2-39-23-11-15(3-9-22(23)40-21-10-6-17(27(29,30)31)13-19(21)33(37)38)12-24-25(35)32(26(36)41-24)14-20(34)16-4-7-18(28)8-5-16/h3-13H,2,14H2,1H3/b24-12+. The van der Waals surface area contributed by atoms with Gasteiger partial charge in [0.25, 0.3) is 11.1 Å². The second-order valence-corrected chi connectivity index (χ2v) is 10.3. The highest BCUT2D eigenvalue weighted by Gasteiger charge is 2.37. The van der Waals surface area contributed by atoms with Gasteiger partial charge in [0.2, 0.25) is 5.75 Å². The normalized spacial score (nSPS) is 14.5. The monoisotopic (exact) mass is 650 g/mol. The molecule has 9 nitrogen and oxygen atoms in total. The van der Waals surface area contributed by atoms with Crippen LogP contribution in [0, 0.1) is 10.1 Å². The van der Waals surface area contributed by atoms with Crippen LogP contribution in [-0.2, 0) is 11.0 Å². The topological polar surface area (TPSA) is 116 Å². The van der Waals surface area contributed by atoms with Gasteiger partial charge in [0.1, 0.15) is 0 Å². The molecule has 4 rings (SSSR count). The maximum atomic E-state index is 13.0. The van der Waals surface area contributed by atoms with E-state index in [-0.39, 0.29) is 23.0 Å². The summed E-state index contributed by atoms with van der Waals surface area (Å²) >= 11 is 3.92. The number of amides is 2. The van der Waals surface area contributed by atoms with Crippen molar-refractivity contribution in [2.24, 2.45) is 0 Å². The summed E-state index contributed by atoms with van der Waals surface area (Å²) in [5.74, 6) is -1.46. The van der Waals surface area contributed by atoms with Crippen molar-refractivity contribution in [3.63, 3.8) is 0 Å². The number of rotatable bonds is 9. The number of imide groups is 1. The molecule has 41 heavy (non-hydrogen) atoms. The zero-order valence-electron chi connectivity index (χ0n) is 20.9. The Balaban J connectivity index is 1.57. The van der Waals surface area contributed by atoms with Gasteiger partial charge in [-0.3, -0.25) is 29.4 Å². The fraction of sp³-hybridized carbons (Fsp3) is 0.148. The number of hydrogen-bond acceptors (Lipinski definition) is 8. The first-order chi connectivity index (χ1) is 19.4. The minimum absolute atomic E-state index is 0.0277. The summed E-state index contributed by atoms with van der Waals surface area (Å²) in [4.78, 5) is 49.3. The molecule has 1 heterocycles. The molecule has 1 fully saturated rings. The second kappa shape index (κ2) is 12.1. The Kier molecular flexibility index (Phi) is 8.83. The van der Waals surface area contributed by atoms with Crippen LogP contribution in [0.3, 0.4) is 0 Å². The van der Waals surface area contributed by atoms with Crippen molar-refractivity contribution in [2.45, 2.75) is 13.1 Å². The van der Waals surface area contributed by atoms with Crippen molar-refractivity contribution in [2.75, 3.05) is 13.2 Å². The van der Waals surface area contributed by atoms with E-state index in [1.54, 1.807) is 31.2 Å². The fourth-order valence-electron chi connectivity index (χ4n) is 3.67. The Morgan fingerprint density at radius 2 is 1.73 bits per heavy atom. The highest BCUT2D eigenvalue weighted by molar-refractivity contribution is 9.10. The third kappa shape index (κ3) is 6.95. The number of carbonyl (C=O) groups is 3. The van der Waals surface area contributed by atoms with Gasteiger partial charge in [0.05, 0.1) is 28.5 Å². The lowest BCUT2D eigenvalue weighted by molar-refractivity contribution is -0.385. The molecule has 0 spiro atoms. The van der Waals surface area contributed by atoms with Gasteiger partial charge in [-0.05, 0) is 66.7 Å². The number of hydrogen-bond donors (Lipinski definition) is 0. The first-order valence-electron chi connectivity index (χ1n) is 11.7. The number of ketones is 1. The molecule has 3 aromatic carbocycles. The lowest BCUT2D eigenvalue weighted by Gasteiger charge is -2.14. The molecule has 0 aromatic heterocycles. The largest absolute Gasteiger partial charge is 0.490 e. The molecule has 212 valence electrons. The second-order valence-electron chi connectivity index (χ2n) is 8.38. The Bertz CT molecular complexity index is 1580. The van der Waals surface area contributed by atoms with E-state index in [1.807, 2.05) is 0 Å². The summed E-state index contributed by atoms with van der Waals surface area (Å²) in [5.41, 5.74) is -1.36. The van der Waals surface area contributed by atoms with Crippen LogP contribution in [0.5, 0.6) is 17.2 Å². The highest BCUT2D eigenvalue weighted by Crippen LogP contribution is 2.41. The smallest absolute Gasteiger partial charge is 0.416 e. The Hall–Kier alpha value is -4.17. The van der Waals surface area contributed by atoms with Crippen molar-refractivity contribution in [1.29, 1.82) is 0 Å². The molecule has 2 amide bonds. The summed E-state index contributed by atoms with van der Waals surface area (Å²) in [6, 6.07) is 12.6. The highest BCUT2D eigenvalue weighted by atomic mass is 79.9. The van der Waals surface area contributed by atoms with Crippen molar-refractivity contribution in [3.8, 4) is 17.2 Å². The molecule has 0 atom stereocenters. The van der Waals surface area contributed by atoms with E-state index in [1.165, 1.54) is 24.3 Å². The first-order valence-corrected chi connectivity index (χ1v) is 13.3. The number of benzene rings is 3. The van der Waals surface area contributed by atoms with Crippen molar-refractivity contribution in [1.82, 2.24) is 4.90 Å². The number of Topliss-reactive ketones (excluding diaryl/α,β-unsaturated/α-hetero) is 1. The minimum atomic E-state index is -4.78. The van der Waals surface area contributed by atoms with Gasteiger partial charge in [-0.25, -0.2) is 0 Å². The van der Waals surface area contributed by atoms with Gasteiger partial charge in [-0.1, -0.05) is 34.1 Å².